The van der Waals surface area contributed by atoms with E-state index in [4.69, 9.17) is 0 Å². The zero-order chi connectivity index (χ0) is 34.5. The first kappa shape index (κ1) is 29.8. The van der Waals surface area contributed by atoms with Crippen molar-refractivity contribution in [1.82, 2.24) is 0 Å². The van der Waals surface area contributed by atoms with Crippen LogP contribution in [0.5, 0.6) is 46.0 Å². The van der Waals surface area contributed by atoms with E-state index in [1.54, 1.807) is 48.5 Å². The van der Waals surface area contributed by atoms with Gasteiger partial charge < -0.3 is 40.9 Å². The minimum absolute atomic E-state index is 0.00614. The molecule has 7 aromatic carbocycles. The van der Waals surface area contributed by atoms with E-state index < -0.39 is 46.0 Å². The Hall–Kier alpha value is -6.54. The van der Waals surface area contributed by atoms with Crippen molar-refractivity contribution in [1.29, 1.82) is 0 Å². The first-order valence-corrected chi connectivity index (χ1v) is 15.6. The van der Waals surface area contributed by atoms with Crippen molar-refractivity contribution in [3.8, 4) is 90.5 Å². The molecule has 8 heteroatoms. The van der Waals surface area contributed by atoms with Gasteiger partial charge in [0.15, 0.2) is 23.0 Å². The third-order valence-electron chi connectivity index (χ3n) is 9.92. The van der Waals surface area contributed by atoms with Crippen molar-refractivity contribution in [2.45, 2.75) is 19.3 Å². The molecule has 0 fully saturated rings. The number of phenols is 8. The van der Waals surface area contributed by atoms with Gasteiger partial charge >= 0.3 is 0 Å². The maximum absolute atomic E-state index is 11.5. The number of benzene rings is 7. The fraction of sp³-hybridized carbons (Fsp3) is 0.0732. The average Bonchev–Trinajstić information content (AvgIpc) is 3.36. The molecule has 1 aliphatic rings. The molecule has 0 aliphatic heterocycles. The lowest BCUT2D eigenvalue weighted by Crippen LogP contribution is -2.14. The molecular formula is C41H30O8. The summed E-state index contributed by atoms with van der Waals surface area (Å²) in [7, 11) is 0. The molecular weight excluding hydrogens is 620 g/mol. The highest BCUT2D eigenvalue weighted by Gasteiger charge is 2.36. The smallest absolute Gasteiger partial charge is 0.204 e. The second-order valence-electron chi connectivity index (χ2n) is 12.9. The van der Waals surface area contributed by atoms with Crippen molar-refractivity contribution in [2.24, 2.45) is 0 Å². The molecule has 8 rings (SSSR count). The number of aromatic hydroxyl groups is 8. The molecule has 242 valence electrons. The molecule has 1 aliphatic carbocycles. The van der Waals surface area contributed by atoms with Crippen LogP contribution >= 0.6 is 0 Å². The third-order valence-corrected chi connectivity index (χ3v) is 9.92. The summed E-state index contributed by atoms with van der Waals surface area (Å²) in [5.74, 6) is -7.27. The first-order valence-electron chi connectivity index (χ1n) is 15.6. The van der Waals surface area contributed by atoms with Gasteiger partial charge in [-0.15, -0.1) is 0 Å². The molecule has 0 radical (unpaired) electrons. The molecule has 0 bridgehead atoms. The second kappa shape index (κ2) is 10.2. The summed E-state index contributed by atoms with van der Waals surface area (Å²) >= 11 is 0. The third kappa shape index (κ3) is 3.97. The number of hydrogen-bond donors (Lipinski definition) is 8. The Labute approximate surface area is 279 Å². The molecule has 8 N–H and O–H groups in total. The van der Waals surface area contributed by atoms with Crippen molar-refractivity contribution in [2.75, 3.05) is 0 Å². The SMILES string of the molecule is CC1(C)c2ccccc2-c2ccc(-c3cccc(-c4c5c(O)c(O)c(O)c(O)c5c(-c5ccccc5)c5c(O)c(O)c(O)c(O)c45)c3)cc21. The van der Waals surface area contributed by atoms with Crippen LogP contribution < -0.4 is 0 Å². The van der Waals surface area contributed by atoms with Gasteiger partial charge in [0.2, 0.25) is 23.0 Å². The maximum Gasteiger partial charge on any atom is 0.204 e. The van der Waals surface area contributed by atoms with Gasteiger partial charge in [-0.2, -0.15) is 0 Å². The fourth-order valence-electron chi connectivity index (χ4n) is 7.54. The summed E-state index contributed by atoms with van der Waals surface area (Å²) in [6.07, 6.45) is 0. The van der Waals surface area contributed by atoms with Crippen LogP contribution in [0.3, 0.4) is 0 Å². The molecule has 8 nitrogen and oxygen atoms in total. The summed E-state index contributed by atoms with van der Waals surface area (Å²) in [5, 5.41) is 88.1. The molecule has 0 amide bonds. The minimum Gasteiger partial charge on any atom is -0.504 e. The van der Waals surface area contributed by atoms with Gasteiger partial charge in [-0.05, 0) is 56.6 Å². The Balaban J connectivity index is 1.49. The van der Waals surface area contributed by atoms with Crippen molar-refractivity contribution in [3.05, 3.63) is 108 Å². The highest BCUT2D eigenvalue weighted by molar-refractivity contribution is 6.28. The van der Waals surface area contributed by atoms with Crippen LogP contribution in [0.15, 0.2) is 97.1 Å². The number of phenolic OH excluding ortho intramolecular Hbond substituents is 8. The lowest BCUT2D eigenvalue weighted by atomic mass is 9.81. The maximum atomic E-state index is 11.5. The van der Waals surface area contributed by atoms with Gasteiger partial charge in [-0.1, -0.05) is 98.8 Å². The summed E-state index contributed by atoms with van der Waals surface area (Å²) in [6, 6.07) is 30.0. The van der Waals surface area contributed by atoms with Crippen LogP contribution in [0.1, 0.15) is 25.0 Å². The standard InChI is InChI=1S/C41H30O8/c1-41(2)25-14-7-6-13-23(25)24-16-15-21(18-26(24)41)20-11-8-12-22(17-20)28-31-29(33(42)37(46)39(48)35(31)44)27(19-9-4-3-5-10-19)30-32(28)36(45)40(49)38(47)34(30)43/h3-18,42-49H,1-2H3. The van der Waals surface area contributed by atoms with Crippen molar-refractivity contribution < 1.29 is 40.9 Å². The van der Waals surface area contributed by atoms with E-state index in [-0.39, 0.29) is 38.1 Å². The first-order chi connectivity index (χ1) is 23.4. The average molecular weight is 651 g/mol. The monoisotopic (exact) mass is 650 g/mol. The van der Waals surface area contributed by atoms with Crippen LogP contribution in [-0.2, 0) is 5.41 Å². The van der Waals surface area contributed by atoms with E-state index >= 15 is 0 Å². The van der Waals surface area contributed by atoms with Gasteiger partial charge in [0.05, 0.1) is 0 Å². The molecule has 0 spiro atoms. The predicted molar refractivity (Wildman–Crippen MR) is 189 cm³/mol. The van der Waals surface area contributed by atoms with E-state index in [2.05, 4.69) is 38.1 Å². The Morgan fingerprint density at radius 2 is 0.776 bits per heavy atom. The largest absolute Gasteiger partial charge is 0.504 e. The van der Waals surface area contributed by atoms with Gasteiger partial charge in [0.1, 0.15) is 0 Å². The lowest BCUT2D eigenvalue weighted by molar-refractivity contribution is 0.350. The molecule has 0 saturated carbocycles. The molecule has 0 saturated heterocycles. The van der Waals surface area contributed by atoms with E-state index in [0.29, 0.717) is 11.1 Å². The topological polar surface area (TPSA) is 162 Å². The highest BCUT2D eigenvalue weighted by atomic mass is 16.4. The van der Waals surface area contributed by atoms with Gasteiger partial charge in [0.25, 0.3) is 0 Å². The van der Waals surface area contributed by atoms with Gasteiger partial charge in [0, 0.05) is 38.1 Å². The van der Waals surface area contributed by atoms with Gasteiger partial charge in [-0.25, -0.2) is 0 Å². The van der Waals surface area contributed by atoms with Gasteiger partial charge in [-0.3, -0.25) is 0 Å². The zero-order valence-electron chi connectivity index (χ0n) is 26.3. The van der Waals surface area contributed by atoms with Crippen molar-refractivity contribution in [3.63, 3.8) is 0 Å². The number of fused-ring (bicyclic) bond motifs is 5. The summed E-state index contributed by atoms with van der Waals surface area (Å²) < 4.78 is 0. The normalized spacial score (nSPS) is 13.1. The van der Waals surface area contributed by atoms with E-state index in [1.807, 2.05) is 24.3 Å². The molecule has 0 heterocycles. The fourth-order valence-corrected chi connectivity index (χ4v) is 7.54. The van der Waals surface area contributed by atoms with E-state index in [9.17, 15) is 40.9 Å². The lowest BCUT2D eigenvalue weighted by Gasteiger charge is -2.23. The van der Waals surface area contributed by atoms with E-state index in [0.717, 1.165) is 22.3 Å². The van der Waals surface area contributed by atoms with Crippen LogP contribution in [-0.4, -0.2) is 40.9 Å². The molecule has 0 unspecified atom stereocenters. The second-order valence-corrected chi connectivity index (χ2v) is 12.9. The van der Waals surface area contributed by atoms with Crippen LogP contribution in [0.2, 0.25) is 0 Å². The zero-order valence-corrected chi connectivity index (χ0v) is 26.3. The van der Waals surface area contributed by atoms with Crippen LogP contribution in [0.25, 0.3) is 66.1 Å². The Kier molecular flexibility index (Phi) is 6.23. The van der Waals surface area contributed by atoms with E-state index in [1.165, 1.54) is 11.1 Å². The predicted octanol–water partition coefficient (Wildman–Crippen LogP) is 8.95. The molecule has 49 heavy (non-hydrogen) atoms. The molecule has 7 aromatic rings. The summed E-state index contributed by atoms with van der Waals surface area (Å²) in [4.78, 5) is 0. The Bertz CT molecular complexity index is 2470. The van der Waals surface area contributed by atoms with Crippen molar-refractivity contribution >= 4 is 21.5 Å². The van der Waals surface area contributed by atoms with Crippen LogP contribution in [0, 0.1) is 0 Å². The summed E-state index contributed by atoms with van der Waals surface area (Å²) in [5.41, 5.74) is 6.78. The Morgan fingerprint density at radius 1 is 0.347 bits per heavy atom. The highest BCUT2D eigenvalue weighted by Crippen LogP contribution is 2.62. The van der Waals surface area contributed by atoms with Crippen LogP contribution in [0.4, 0.5) is 0 Å². The summed E-state index contributed by atoms with van der Waals surface area (Å²) in [6.45, 7) is 4.36. The molecule has 0 atom stereocenters. The minimum atomic E-state index is -1.01. The number of rotatable bonds is 3. The Morgan fingerprint density at radius 3 is 1.35 bits per heavy atom. The quantitative estimate of drug-likeness (QED) is 0.0534. The molecule has 0 aromatic heterocycles. The number of hydrogen-bond acceptors (Lipinski definition) is 8.